The van der Waals surface area contributed by atoms with Gasteiger partial charge < -0.3 is 15.6 Å². The fourth-order valence-corrected chi connectivity index (χ4v) is 2.08. The van der Waals surface area contributed by atoms with Gasteiger partial charge in [-0.05, 0) is 36.4 Å². The van der Waals surface area contributed by atoms with E-state index in [1.54, 1.807) is 18.2 Å². The van der Waals surface area contributed by atoms with Gasteiger partial charge >= 0.3 is 6.36 Å². The number of para-hydroxylation sites is 1. The van der Waals surface area contributed by atoms with Crippen molar-refractivity contribution in [2.24, 2.45) is 0 Å². The number of nitrogen functional groups attached to an aromatic ring is 1. The zero-order valence-corrected chi connectivity index (χ0v) is 12.0. The van der Waals surface area contributed by atoms with Crippen LogP contribution in [0.3, 0.4) is 0 Å². The molecular formula is C15H11F3N4O2. The van der Waals surface area contributed by atoms with Crippen LogP contribution in [0.25, 0.3) is 17.1 Å². The summed E-state index contributed by atoms with van der Waals surface area (Å²) in [7, 11) is 0. The van der Waals surface area contributed by atoms with Gasteiger partial charge in [0.1, 0.15) is 11.5 Å². The van der Waals surface area contributed by atoms with Crippen molar-refractivity contribution in [2.45, 2.75) is 6.36 Å². The molecule has 3 N–H and O–H groups in total. The third-order valence-electron chi connectivity index (χ3n) is 3.09. The third-order valence-corrected chi connectivity index (χ3v) is 3.09. The number of halogens is 3. The number of hydrogen-bond donors (Lipinski definition) is 2. The Morgan fingerprint density at radius 2 is 1.71 bits per heavy atom. The van der Waals surface area contributed by atoms with E-state index in [0.29, 0.717) is 11.3 Å². The largest absolute Gasteiger partial charge is 0.573 e. The van der Waals surface area contributed by atoms with Crippen molar-refractivity contribution in [3.8, 4) is 28.6 Å². The Morgan fingerprint density at radius 1 is 1.04 bits per heavy atom. The summed E-state index contributed by atoms with van der Waals surface area (Å²) in [6, 6.07) is 11.5. The fraction of sp³-hybridized carbons (Fsp3) is 0.0667. The van der Waals surface area contributed by atoms with Crippen LogP contribution in [0.4, 0.5) is 19.1 Å². The number of alkyl halides is 3. The molecule has 0 saturated heterocycles. The number of aromatic hydroxyl groups is 1. The lowest BCUT2D eigenvalue weighted by Crippen LogP contribution is -2.17. The number of rotatable bonds is 3. The summed E-state index contributed by atoms with van der Waals surface area (Å²) in [5.74, 6) is -0.145. The predicted octanol–water partition coefficient (Wildman–Crippen LogP) is 3.12. The lowest BCUT2D eigenvalue weighted by molar-refractivity contribution is -0.274. The number of aromatic nitrogens is 3. The van der Waals surface area contributed by atoms with E-state index < -0.39 is 6.36 Å². The van der Waals surface area contributed by atoms with Crippen LogP contribution in [0.5, 0.6) is 11.5 Å². The van der Waals surface area contributed by atoms with E-state index >= 15 is 0 Å². The van der Waals surface area contributed by atoms with Gasteiger partial charge in [0.05, 0.1) is 11.3 Å². The third kappa shape index (κ3) is 3.24. The standard InChI is InChI=1S/C15H11F3N4O2/c16-15(17,18)24-10-7-5-9(6-8-10)22-14(19)20-13(21-22)11-3-1-2-4-12(11)23/h1-8,23H,(H2,19,20,21). The van der Waals surface area contributed by atoms with Crippen LogP contribution in [0.1, 0.15) is 0 Å². The molecule has 0 aliphatic heterocycles. The molecule has 0 aliphatic rings. The quantitative estimate of drug-likeness (QED) is 0.767. The summed E-state index contributed by atoms with van der Waals surface area (Å²) in [4.78, 5) is 4.06. The van der Waals surface area contributed by atoms with E-state index in [4.69, 9.17) is 5.73 Å². The lowest BCUT2D eigenvalue weighted by Gasteiger charge is -2.09. The van der Waals surface area contributed by atoms with Crippen LogP contribution in [0.15, 0.2) is 48.5 Å². The number of phenolic OH excluding ortho intramolecular Hbond substituents is 1. The van der Waals surface area contributed by atoms with E-state index in [2.05, 4.69) is 14.8 Å². The molecule has 0 bridgehead atoms. The zero-order chi connectivity index (χ0) is 17.3. The number of hydrogen-bond acceptors (Lipinski definition) is 5. The Balaban J connectivity index is 1.92. The van der Waals surface area contributed by atoms with Gasteiger partial charge in [0.15, 0.2) is 5.82 Å². The van der Waals surface area contributed by atoms with Crippen molar-refractivity contribution < 1.29 is 23.0 Å². The van der Waals surface area contributed by atoms with Crippen LogP contribution >= 0.6 is 0 Å². The molecule has 0 unspecified atom stereocenters. The molecule has 2 aromatic carbocycles. The van der Waals surface area contributed by atoms with Gasteiger partial charge in [0, 0.05) is 0 Å². The minimum absolute atomic E-state index is 0.0106. The Kier molecular flexibility index (Phi) is 3.76. The van der Waals surface area contributed by atoms with Crippen molar-refractivity contribution in [1.82, 2.24) is 14.8 Å². The van der Waals surface area contributed by atoms with E-state index in [9.17, 15) is 18.3 Å². The molecule has 1 heterocycles. The van der Waals surface area contributed by atoms with Gasteiger partial charge in [-0.1, -0.05) is 12.1 Å². The molecule has 0 amide bonds. The monoisotopic (exact) mass is 336 g/mol. The van der Waals surface area contributed by atoms with Crippen molar-refractivity contribution in [1.29, 1.82) is 0 Å². The fourth-order valence-electron chi connectivity index (χ4n) is 2.08. The maximum absolute atomic E-state index is 12.2. The van der Waals surface area contributed by atoms with E-state index in [-0.39, 0.29) is 23.3 Å². The molecular weight excluding hydrogens is 325 g/mol. The van der Waals surface area contributed by atoms with Crippen LogP contribution < -0.4 is 10.5 Å². The van der Waals surface area contributed by atoms with E-state index in [1.165, 1.54) is 22.9 Å². The van der Waals surface area contributed by atoms with Gasteiger partial charge in [-0.15, -0.1) is 18.3 Å². The lowest BCUT2D eigenvalue weighted by atomic mass is 10.2. The minimum atomic E-state index is -4.76. The second-order valence-electron chi connectivity index (χ2n) is 4.76. The summed E-state index contributed by atoms with van der Waals surface area (Å²) < 4.78 is 41.5. The van der Waals surface area contributed by atoms with Gasteiger partial charge in [-0.25, -0.2) is 0 Å². The molecule has 0 aliphatic carbocycles. The summed E-state index contributed by atoms with van der Waals surface area (Å²) in [6.45, 7) is 0. The molecule has 1 aromatic heterocycles. The summed E-state index contributed by atoms with van der Waals surface area (Å²) in [5.41, 5.74) is 6.59. The molecule has 0 atom stereocenters. The van der Waals surface area contributed by atoms with Crippen molar-refractivity contribution in [3.05, 3.63) is 48.5 Å². The number of nitrogens with two attached hydrogens (primary N) is 1. The second kappa shape index (κ2) is 5.76. The number of phenols is 1. The van der Waals surface area contributed by atoms with Gasteiger partial charge in [-0.2, -0.15) is 9.67 Å². The Hall–Kier alpha value is -3.23. The average molecular weight is 336 g/mol. The highest BCUT2D eigenvalue weighted by Gasteiger charge is 2.31. The second-order valence-corrected chi connectivity index (χ2v) is 4.76. The number of benzene rings is 2. The molecule has 3 aromatic rings. The van der Waals surface area contributed by atoms with Gasteiger partial charge in [0.25, 0.3) is 0 Å². The Bertz CT molecular complexity index is 860. The molecule has 0 fully saturated rings. The maximum Gasteiger partial charge on any atom is 0.573 e. The first-order chi connectivity index (χ1) is 11.3. The normalized spacial score (nSPS) is 11.5. The smallest absolute Gasteiger partial charge is 0.507 e. The molecule has 124 valence electrons. The highest BCUT2D eigenvalue weighted by molar-refractivity contribution is 5.64. The van der Waals surface area contributed by atoms with Crippen LogP contribution in [-0.2, 0) is 0 Å². The van der Waals surface area contributed by atoms with Crippen LogP contribution in [0.2, 0.25) is 0 Å². The number of nitrogens with zero attached hydrogens (tertiary/aromatic N) is 3. The first-order valence-corrected chi connectivity index (χ1v) is 6.70. The van der Waals surface area contributed by atoms with Gasteiger partial charge in [0.2, 0.25) is 5.95 Å². The summed E-state index contributed by atoms with van der Waals surface area (Å²) in [5, 5.41) is 14.0. The van der Waals surface area contributed by atoms with Gasteiger partial charge in [-0.3, -0.25) is 0 Å². The molecule has 3 rings (SSSR count). The molecule has 0 spiro atoms. The van der Waals surface area contributed by atoms with Crippen LogP contribution in [0, 0.1) is 0 Å². The first kappa shape index (κ1) is 15.7. The summed E-state index contributed by atoms with van der Waals surface area (Å²) in [6.07, 6.45) is -4.76. The summed E-state index contributed by atoms with van der Waals surface area (Å²) >= 11 is 0. The topological polar surface area (TPSA) is 86.2 Å². The maximum atomic E-state index is 12.2. The zero-order valence-electron chi connectivity index (χ0n) is 12.0. The minimum Gasteiger partial charge on any atom is -0.507 e. The Labute approximate surface area is 133 Å². The molecule has 0 radical (unpaired) electrons. The SMILES string of the molecule is Nc1nc(-c2ccccc2O)nn1-c1ccc(OC(F)(F)F)cc1. The highest BCUT2D eigenvalue weighted by Crippen LogP contribution is 2.28. The molecule has 6 nitrogen and oxygen atoms in total. The molecule has 9 heteroatoms. The average Bonchev–Trinajstić information content (AvgIpc) is 2.89. The molecule has 0 saturated carbocycles. The number of anilines is 1. The van der Waals surface area contributed by atoms with Crippen molar-refractivity contribution >= 4 is 5.95 Å². The van der Waals surface area contributed by atoms with Crippen molar-refractivity contribution in [2.75, 3.05) is 5.73 Å². The first-order valence-electron chi connectivity index (χ1n) is 6.70. The Morgan fingerprint density at radius 3 is 2.33 bits per heavy atom. The van der Waals surface area contributed by atoms with E-state index in [1.807, 2.05) is 0 Å². The highest BCUT2D eigenvalue weighted by atomic mass is 19.4. The van der Waals surface area contributed by atoms with Crippen LogP contribution in [-0.4, -0.2) is 26.2 Å². The molecule has 24 heavy (non-hydrogen) atoms. The van der Waals surface area contributed by atoms with Crippen molar-refractivity contribution in [3.63, 3.8) is 0 Å². The number of ether oxygens (including phenoxy) is 1. The van der Waals surface area contributed by atoms with E-state index in [0.717, 1.165) is 12.1 Å². The predicted molar refractivity (Wildman–Crippen MR) is 79.6 cm³/mol.